The molecule has 1 aliphatic heterocycles. The topological polar surface area (TPSA) is 89.5 Å². The number of rotatable bonds is 5. The molecule has 1 atom stereocenters. The minimum Gasteiger partial charge on any atom is -0.495 e. The quantitative estimate of drug-likeness (QED) is 0.438. The molecule has 3 aromatic heterocycles. The van der Waals surface area contributed by atoms with E-state index in [1.807, 2.05) is 15.9 Å². The average molecular weight is 471 g/mol. The van der Waals surface area contributed by atoms with E-state index in [1.165, 1.54) is 30.3 Å². The van der Waals surface area contributed by atoms with E-state index < -0.39 is 11.9 Å². The van der Waals surface area contributed by atoms with Crippen LogP contribution in [0.25, 0.3) is 11.0 Å². The molecule has 33 heavy (non-hydrogen) atoms. The molecule has 4 heterocycles. The van der Waals surface area contributed by atoms with Gasteiger partial charge in [-0.2, -0.15) is 9.78 Å². The third-order valence-corrected chi connectivity index (χ3v) is 5.99. The molecule has 0 spiro atoms. The molecule has 1 unspecified atom stereocenters. The Labute approximate surface area is 193 Å². The molecule has 1 aliphatic rings. The molecule has 11 heteroatoms. The van der Waals surface area contributed by atoms with Crippen LogP contribution in [0, 0.1) is 5.82 Å². The number of fused-ring (bicyclic) bond motifs is 1. The lowest BCUT2D eigenvalue weighted by molar-refractivity contribution is 0.0664. The Bertz CT molecular complexity index is 1290. The van der Waals surface area contributed by atoms with Crippen LogP contribution in [0.2, 0.25) is 5.02 Å². The second-order valence-corrected chi connectivity index (χ2v) is 7.95. The van der Waals surface area contributed by atoms with Gasteiger partial charge in [0.25, 0.3) is 5.91 Å². The molecular weight excluding hydrogens is 451 g/mol. The van der Waals surface area contributed by atoms with Crippen molar-refractivity contribution >= 4 is 34.2 Å². The maximum absolute atomic E-state index is 14.6. The number of halogens is 2. The largest absolute Gasteiger partial charge is 0.495 e. The molecule has 0 bridgehead atoms. The van der Waals surface area contributed by atoms with Gasteiger partial charge >= 0.3 is 0 Å². The Morgan fingerprint density at radius 1 is 1.21 bits per heavy atom. The van der Waals surface area contributed by atoms with E-state index in [0.29, 0.717) is 43.3 Å². The number of carbonyl (C=O) groups excluding carboxylic acids is 1. The zero-order valence-electron chi connectivity index (χ0n) is 17.7. The SMILES string of the molecule is COc1cc(N2CCN(C(C(=O)n3ncc4cccnc43)c3ncco3)CC2)c(F)cc1Cl. The van der Waals surface area contributed by atoms with Gasteiger partial charge in [0.05, 0.1) is 30.2 Å². The molecule has 5 rings (SSSR count). The van der Waals surface area contributed by atoms with Crippen molar-refractivity contribution in [3.8, 4) is 5.75 Å². The number of piperazine rings is 1. The number of methoxy groups -OCH3 is 1. The molecule has 0 N–H and O–H groups in total. The highest BCUT2D eigenvalue weighted by Crippen LogP contribution is 2.33. The van der Waals surface area contributed by atoms with Gasteiger partial charge in [0, 0.05) is 43.8 Å². The van der Waals surface area contributed by atoms with Crippen molar-refractivity contribution in [3.63, 3.8) is 0 Å². The summed E-state index contributed by atoms with van der Waals surface area (Å²) in [6.07, 6.45) is 6.14. The Balaban J connectivity index is 1.41. The Hall–Kier alpha value is -3.50. The summed E-state index contributed by atoms with van der Waals surface area (Å²) in [7, 11) is 1.49. The lowest BCUT2D eigenvalue weighted by Gasteiger charge is -2.38. The van der Waals surface area contributed by atoms with Crippen molar-refractivity contribution in [3.05, 3.63) is 65.8 Å². The number of nitrogens with zero attached hydrogens (tertiary/aromatic N) is 6. The molecule has 0 amide bonds. The fourth-order valence-corrected chi connectivity index (χ4v) is 4.29. The number of anilines is 1. The van der Waals surface area contributed by atoms with E-state index in [2.05, 4.69) is 15.1 Å². The number of carbonyl (C=O) groups is 1. The van der Waals surface area contributed by atoms with E-state index in [4.69, 9.17) is 20.8 Å². The number of pyridine rings is 1. The van der Waals surface area contributed by atoms with Crippen molar-refractivity contribution in [1.82, 2.24) is 24.6 Å². The van der Waals surface area contributed by atoms with Crippen LogP contribution in [0.4, 0.5) is 10.1 Å². The number of aromatic nitrogens is 4. The first kappa shape index (κ1) is 21.4. The summed E-state index contributed by atoms with van der Waals surface area (Å²) in [6, 6.07) is 5.67. The zero-order valence-corrected chi connectivity index (χ0v) is 18.4. The normalized spacial score (nSPS) is 15.7. The van der Waals surface area contributed by atoms with Crippen LogP contribution in [0.5, 0.6) is 5.75 Å². The van der Waals surface area contributed by atoms with Gasteiger partial charge in [0.1, 0.15) is 17.8 Å². The lowest BCUT2D eigenvalue weighted by atomic mass is 10.1. The summed E-state index contributed by atoms with van der Waals surface area (Å²) >= 11 is 6.03. The predicted molar refractivity (Wildman–Crippen MR) is 119 cm³/mol. The Morgan fingerprint density at radius 3 is 2.76 bits per heavy atom. The number of benzene rings is 1. The summed E-state index contributed by atoms with van der Waals surface area (Å²) in [6.45, 7) is 1.89. The van der Waals surface area contributed by atoms with E-state index in [0.717, 1.165) is 5.39 Å². The average Bonchev–Trinajstić information content (AvgIpc) is 3.50. The van der Waals surface area contributed by atoms with Gasteiger partial charge in [-0.25, -0.2) is 14.4 Å². The fraction of sp³-hybridized carbons (Fsp3) is 0.273. The number of oxazole rings is 1. The van der Waals surface area contributed by atoms with Crippen LogP contribution in [-0.4, -0.2) is 63.8 Å². The highest BCUT2D eigenvalue weighted by atomic mass is 35.5. The number of hydrogen-bond acceptors (Lipinski definition) is 8. The van der Waals surface area contributed by atoms with E-state index >= 15 is 0 Å². The summed E-state index contributed by atoms with van der Waals surface area (Å²) in [5.41, 5.74) is 0.866. The zero-order chi connectivity index (χ0) is 22.9. The molecule has 9 nitrogen and oxygen atoms in total. The standard InChI is InChI=1S/C22H20ClFN6O3/c1-32-18-12-17(16(24)11-15(18)23)28-6-8-29(9-7-28)19(21-26-5-10-33-21)22(31)30-20-14(13-27-30)3-2-4-25-20/h2-5,10-13,19H,6-9H2,1H3. The van der Waals surface area contributed by atoms with Crippen LogP contribution >= 0.6 is 11.6 Å². The van der Waals surface area contributed by atoms with Crippen LogP contribution in [0.3, 0.4) is 0 Å². The van der Waals surface area contributed by atoms with Crippen molar-refractivity contribution < 1.29 is 18.3 Å². The fourth-order valence-electron chi connectivity index (χ4n) is 4.06. The second kappa shape index (κ2) is 8.80. The lowest BCUT2D eigenvalue weighted by Crippen LogP contribution is -2.50. The molecule has 0 radical (unpaired) electrons. The number of ether oxygens (including phenoxy) is 1. The molecule has 170 valence electrons. The Kier molecular flexibility index (Phi) is 5.69. The van der Waals surface area contributed by atoms with Crippen molar-refractivity contribution in [2.45, 2.75) is 6.04 Å². The third kappa shape index (κ3) is 3.91. The van der Waals surface area contributed by atoms with E-state index in [9.17, 15) is 9.18 Å². The molecular formula is C22H20ClFN6O3. The molecule has 4 aromatic rings. The maximum atomic E-state index is 14.6. The minimum absolute atomic E-state index is 0.215. The molecule has 1 fully saturated rings. The first-order chi connectivity index (χ1) is 16.1. The first-order valence-corrected chi connectivity index (χ1v) is 10.7. The minimum atomic E-state index is -0.795. The number of hydrogen-bond donors (Lipinski definition) is 0. The smallest absolute Gasteiger partial charge is 0.275 e. The summed E-state index contributed by atoms with van der Waals surface area (Å²) in [5.74, 6) is -0.0728. The molecule has 1 aromatic carbocycles. The van der Waals surface area contributed by atoms with Crippen molar-refractivity contribution in [2.24, 2.45) is 0 Å². The van der Waals surface area contributed by atoms with Gasteiger partial charge in [0.15, 0.2) is 11.7 Å². The van der Waals surface area contributed by atoms with Gasteiger partial charge < -0.3 is 14.1 Å². The third-order valence-electron chi connectivity index (χ3n) is 5.70. The highest BCUT2D eigenvalue weighted by Gasteiger charge is 2.36. The predicted octanol–water partition coefficient (Wildman–Crippen LogP) is 3.42. The van der Waals surface area contributed by atoms with Crippen molar-refractivity contribution in [2.75, 3.05) is 38.2 Å². The van der Waals surface area contributed by atoms with Gasteiger partial charge in [-0.05, 0) is 18.2 Å². The van der Waals surface area contributed by atoms with Crippen LogP contribution < -0.4 is 9.64 Å². The van der Waals surface area contributed by atoms with E-state index in [1.54, 1.807) is 24.5 Å². The van der Waals surface area contributed by atoms with Gasteiger partial charge in [-0.1, -0.05) is 11.6 Å². The van der Waals surface area contributed by atoms with Crippen LogP contribution in [0.15, 0.2) is 53.5 Å². The Morgan fingerprint density at radius 2 is 2.03 bits per heavy atom. The second-order valence-electron chi connectivity index (χ2n) is 7.54. The monoisotopic (exact) mass is 470 g/mol. The van der Waals surface area contributed by atoms with Crippen LogP contribution in [-0.2, 0) is 0 Å². The first-order valence-electron chi connectivity index (χ1n) is 10.3. The highest BCUT2D eigenvalue weighted by molar-refractivity contribution is 6.32. The molecule has 0 saturated carbocycles. The van der Waals surface area contributed by atoms with E-state index in [-0.39, 0.29) is 16.8 Å². The molecule has 1 saturated heterocycles. The van der Waals surface area contributed by atoms with Gasteiger partial charge in [0.2, 0.25) is 5.89 Å². The van der Waals surface area contributed by atoms with Gasteiger partial charge in [-0.15, -0.1) is 0 Å². The summed E-state index contributed by atoms with van der Waals surface area (Å²) in [5, 5.41) is 5.22. The van der Waals surface area contributed by atoms with Gasteiger partial charge in [-0.3, -0.25) is 9.69 Å². The summed E-state index contributed by atoms with van der Waals surface area (Å²) < 4.78 is 26.6. The maximum Gasteiger partial charge on any atom is 0.275 e. The molecule has 0 aliphatic carbocycles. The van der Waals surface area contributed by atoms with Crippen LogP contribution in [0.1, 0.15) is 16.7 Å². The summed E-state index contributed by atoms with van der Waals surface area (Å²) in [4.78, 5) is 25.9. The van der Waals surface area contributed by atoms with Crippen molar-refractivity contribution in [1.29, 1.82) is 0 Å².